The van der Waals surface area contributed by atoms with Crippen LogP contribution in [-0.2, 0) is 4.79 Å². The van der Waals surface area contributed by atoms with Crippen molar-refractivity contribution in [1.82, 2.24) is 0 Å². The summed E-state index contributed by atoms with van der Waals surface area (Å²) in [6.07, 6.45) is 0.814. The highest BCUT2D eigenvalue weighted by Gasteiger charge is 2.10. The highest BCUT2D eigenvalue weighted by molar-refractivity contribution is 9.09. The highest BCUT2D eigenvalue weighted by Crippen LogP contribution is 2.21. The molecule has 0 amide bonds. The molecule has 0 saturated heterocycles. The van der Waals surface area contributed by atoms with E-state index in [-0.39, 0.29) is 10.6 Å². The van der Waals surface area contributed by atoms with Gasteiger partial charge in [0, 0.05) is 11.1 Å². The molecule has 2 rings (SSSR count). The Bertz CT molecular complexity index is 546. The zero-order chi connectivity index (χ0) is 13.0. The standard InChI is InChI=1S/C15H11BrO2/c16-14(10-17)11-6-8-13(9-7-11)15(18)12-4-2-1-3-5-12/h1-10,14H. The first-order chi connectivity index (χ1) is 8.72. The molecule has 0 aliphatic rings. The molecule has 1 unspecified atom stereocenters. The molecule has 0 heterocycles. The smallest absolute Gasteiger partial charge is 0.193 e. The largest absolute Gasteiger partial charge is 0.302 e. The van der Waals surface area contributed by atoms with Crippen LogP contribution in [0.4, 0.5) is 0 Å². The molecule has 3 heteroatoms. The van der Waals surface area contributed by atoms with Crippen molar-refractivity contribution in [3.05, 3.63) is 71.3 Å². The first-order valence-electron chi connectivity index (χ1n) is 5.51. The van der Waals surface area contributed by atoms with Crippen LogP contribution in [0.25, 0.3) is 0 Å². The Morgan fingerprint density at radius 3 is 2.06 bits per heavy atom. The lowest BCUT2D eigenvalue weighted by molar-refractivity contribution is -0.107. The normalized spacial score (nSPS) is 11.8. The molecular weight excluding hydrogens is 292 g/mol. The Labute approximate surface area is 114 Å². The van der Waals surface area contributed by atoms with Crippen LogP contribution in [0.1, 0.15) is 26.3 Å². The summed E-state index contributed by atoms with van der Waals surface area (Å²) in [5, 5.41) is 0. The van der Waals surface area contributed by atoms with E-state index in [0.29, 0.717) is 11.1 Å². The van der Waals surface area contributed by atoms with Crippen molar-refractivity contribution < 1.29 is 9.59 Å². The third-order valence-electron chi connectivity index (χ3n) is 2.65. The van der Waals surface area contributed by atoms with Crippen molar-refractivity contribution >= 4 is 28.0 Å². The molecule has 0 aromatic heterocycles. The molecule has 2 aromatic carbocycles. The SMILES string of the molecule is O=CC(Br)c1ccc(C(=O)c2ccccc2)cc1. The molecule has 0 aliphatic carbocycles. The number of halogens is 1. The lowest BCUT2D eigenvalue weighted by atomic mass is 10.0. The van der Waals surface area contributed by atoms with E-state index in [2.05, 4.69) is 15.9 Å². The average Bonchev–Trinajstić information content (AvgIpc) is 2.47. The zero-order valence-electron chi connectivity index (χ0n) is 9.55. The molecule has 2 nitrogen and oxygen atoms in total. The predicted octanol–water partition coefficient (Wildman–Crippen LogP) is 3.55. The summed E-state index contributed by atoms with van der Waals surface area (Å²) in [7, 11) is 0. The zero-order valence-corrected chi connectivity index (χ0v) is 11.1. The van der Waals surface area contributed by atoms with Gasteiger partial charge in [-0.3, -0.25) is 4.79 Å². The van der Waals surface area contributed by atoms with Crippen LogP contribution in [0.5, 0.6) is 0 Å². The number of rotatable bonds is 4. The van der Waals surface area contributed by atoms with E-state index in [0.717, 1.165) is 11.8 Å². The van der Waals surface area contributed by atoms with E-state index >= 15 is 0 Å². The average molecular weight is 303 g/mol. The predicted molar refractivity (Wildman–Crippen MR) is 74.0 cm³/mol. The van der Waals surface area contributed by atoms with Crippen LogP contribution < -0.4 is 0 Å². The molecule has 0 radical (unpaired) electrons. The minimum absolute atomic E-state index is 0.0145. The van der Waals surface area contributed by atoms with Gasteiger partial charge >= 0.3 is 0 Å². The molecular formula is C15H11BrO2. The lowest BCUT2D eigenvalue weighted by Gasteiger charge is -2.04. The van der Waals surface area contributed by atoms with Gasteiger partial charge < -0.3 is 4.79 Å². The van der Waals surface area contributed by atoms with Crippen LogP contribution >= 0.6 is 15.9 Å². The van der Waals surface area contributed by atoms with Crippen molar-refractivity contribution in [2.75, 3.05) is 0 Å². The topological polar surface area (TPSA) is 34.1 Å². The molecule has 2 aromatic rings. The van der Waals surface area contributed by atoms with Crippen molar-refractivity contribution in [3.8, 4) is 0 Å². The minimum Gasteiger partial charge on any atom is -0.302 e. The van der Waals surface area contributed by atoms with Gasteiger partial charge in [-0.2, -0.15) is 0 Å². The van der Waals surface area contributed by atoms with E-state index < -0.39 is 0 Å². The Morgan fingerprint density at radius 2 is 1.50 bits per heavy atom. The summed E-state index contributed by atoms with van der Waals surface area (Å²) in [5.41, 5.74) is 2.13. The maximum Gasteiger partial charge on any atom is 0.193 e. The molecule has 0 N–H and O–H groups in total. The fourth-order valence-corrected chi connectivity index (χ4v) is 1.96. The summed E-state index contributed by atoms with van der Waals surface area (Å²) in [6, 6.07) is 16.2. The number of benzene rings is 2. The second-order valence-corrected chi connectivity index (χ2v) is 4.84. The van der Waals surface area contributed by atoms with Gasteiger partial charge in [-0.15, -0.1) is 0 Å². The van der Waals surface area contributed by atoms with E-state index in [1.807, 2.05) is 18.2 Å². The maximum absolute atomic E-state index is 12.1. The number of ketones is 1. The van der Waals surface area contributed by atoms with E-state index in [1.54, 1.807) is 36.4 Å². The molecule has 18 heavy (non-hydrogen) atoms. The second-order valence-electron chi connectivity index (χ2n) is 3.86. The third kappa shape index (κ3) is 2.74. The Hall–Kier alpha value is -1.74. The Kier molecular flexibility index (Phi) is 4.05. The number of aldehydes is 1. The minimum atomic E-state index is -0.321. The monoisotopic (exact) mass is 302 g/mol. The molecule has 0 bridgehead atoms. The van der Waals surface area contributed by atoms with Crippen molar-refractivity contribution in [2.24, 2.45) is 0 Å². The summed E-state index contributed by atoms with van der Waals surface area (Å²) in [4.78, 5) is 22.4. The first kappa shape index (κ1) is 12.7. The molecule has 90 valence electrons. The summed E-state index contributed by atoms with van der Waals surface area (Å²) < 4.78 is 0. The number of hydrogen-bond acceptors (Lipinski definition) is 2. The van der Waals surface area contributed by atoms with Gasteiger partial charge in [0.25, 0.3) is 0 Å². The van der Waals surface area contributed by atoms with Crippen LogP contribution in [0.2, 0.25) is 0 Å². The summed E-state index contributed by atoms with van der Waals surface area (Å²) in [5.74, 6) is -0.0145. The lowest BCUT2D eigenvalue weighted by Crippen LogP contribution is -2.01. The second kappa shape index (κ2) is 5.74. The summed E-state index contributed by atoms with van der Waals surface area (Å²) in [6.45, 7) is 0. The van der Waals surface area contributed by atoms with Gasteiger partial charge in [0.05, 0.1) is 4.83 Å². The third-order valence-corrected chi connectivity index (χ3v) is 3.39. The molecule has 0 fully saturated rings. The van der Waals surface area contributed by atoms with E-state index in [4.69, 9.17) is 0 Å². The molecule has 1 atom stereocenters. The van der Waals surface area contributed by atoms with Crippen LogP contribution in [0.15, 0.2) is 54.6 Å². The van der Waals surface area contributed by atoms with Crippen molar-refractivity contribution in [2.45, 2.75) is 4.83 Å². The van der Waals surface area contributed by atoms with Gasteiger partial charge in [0.15, 0.2) is 5.78 Å². The highest BCUT2D eigenvalue weighted by atomic mass is 79.9. The van der Waals surface area contributed by atoms with Crippen LogP contribution in [-0.4, -0.2) is 12.1 Å². The molecule has 0 spiro atoms. The number of carbonyl (C=O) groups excluding carboxylic acids is 2. The Balaban J connectivity index is 2.25. The van der Waals surface area contributed by atoms with Gasteiger partial charge in [-0.05, 0) is 5.56 Å². The maximum atomic E-state index is 12.1. The first-order valence-corrected chi connectivity index (χ1v) is 6.43. The van der Waals surface area contributed by atoms with Crippen LogP contribution in [0.3, 0.4) is 0 Å². The summed E-state index contributed by atoms with van der Waals surface area (Å²) >= 11 is 3.24. The van der Waals surface area contributed by atoms with Gasteiger partial charge in [-0.25, -0.2) is 0 Å². The number of hydrogen-bond donors (Lipinski definition) is 0. The number of alkyl halides is 1. The van der Waals surface area contributed by atoms with Crippen molar-refractivity contribution in [1.29, 1.82) is 0 Å². The van der Waals surface area contributed by atoms with Gasteiger partial charge in [0.1, 0.15) is 6.29 Å². The Morgan fingerprint density at radius 1 is 0.944 bits per heavy atom. The molecule has 0 saturated carbocycles. The fourth-order valence-electron chi connectivity index (χ4n) is 1.65. The fraction of sp³-hybridized carbons (Fsp3) is 0.0667. The van der Waals surface area contributed by atoms with Gasteiger partial charge in [-0.1, -0.05) is 70.5 Å². The molecule has 0 aliphatic heterocycles. The van der Waals surface area contributed by atoms with Crippen molar-refractivity contribution in [3.63, 3.8) is 0 Å². The van der Waals surface area contributed by atoms with Gasteiger partial charge in [0.2, 0.25) is 0 Å². The quantitative estimate of drug-likeness (QED) is 0.492. The van der Waals surface area contributed by atoms with E-state index in [1.165, 1.54) is 0 Å². The van der Waals surface area contributed by atoms with E-state index in [9.17, 15) is 9.59 Å². The van der Waals surface area contributed by atoms with Crippen LogP contribution in [0, 0.1) is 0 Å². The number of carbonyl (C=O) groups is 2.